The molecular weight excluding hydrogens is 402 g/mol. The van der Waals surface area contributed by atoms with Crippen molar-refractivity contribution in [3.05, 3.63) is 48.2 Å². The fraction of sp³-hybridized carbons (Fsp3) is 0.520. The molecule has 7 nitrogen and oxygen atoms in total. The lowest BCUT2D eigenvalue weighted by molar-refractivity contribution is -0.132. The molecule has 1 aromatic carbocycles. The van der Waals surface area contributed by atoms with Gasteiger partial charge in [0.15, 0.2) is 5.82 Å². The number of carbonyl (C=O) groups excluding carboxylic acids is 2. The third kappa shape index (κ3) is 4.92. The van der Waals surface area contributed by atoms with Gasteiger partial charge < -0.3 is 15.1 Å². The van der Waals surface area contributed by atoms with Gasteiger partial charge in [-0.2, -0.15) is 5.10 Å². The molecule has 0 unspecified atom stereocenters. The first-order valence-electron chi connectivity index (χ1n) is 11.9. The Kier molecular flexibility index (Phi) is 6.06. The zero-order chi connectivity index (χ0) is 21.9. The maximum Gasteiger partial charge on any atom is 0.229 e. The molecular formula is C25H31N5O2. The molecule has 1 aliphatic carbocycles. The van der Waals surface area contributed by atoms with E-state index in [2.05, 4.69) is 37.4 Å². The number of benzene rings is 1. The topological polar surface area (TPSA) is 78.4 Å². The third-order valence-corrected chi connectivity index (χ3v) is 7.10. The number of aromatic nitrogens is 2. The number of hydrogen-bond acceptors (Lipinski definition) is 5. The van der Waals surface area contributed by atoms with Crippen molar-refractivity contribution < 1.29 is 9.59 Å². The van der Waals surface area contributed by atoms with E-state index in [1.165, 1.54) is 18.4 Å². The van der Waals surface area contributed by atoms with E-state index in [-0.39, 0.29) is 11.8 Å². The van der Waals surface area contributed by atoms with E-state index in [1.807, 2.05) is 24.3 Å². The minimum Gasteiger partial charge on any atom is -0.354 e. The number of rotatable bonds is 6. The van der Waals surface area contributed by atoms with Crippen molar-refractivity contribution in [2.75, 3.05) is 36.4 Å². The van der Waals surface area contributed by atoms with Gasteiger partial charge >= 0.3 is 0 Å². The Bertz CT molecular complexity index is 937. The molecule has 2 aliphatic heterocycles. The smallest absolute Gasteiger partial charge is 0.229 e. The van der Waals surface area contributed by atoms with E-state index in [1.54, 1.807) is 6.20 Å². The second kappa shape index (κ2) is 9.27. The molecule has 1 aromatic heterocycles. The summed E-state index contributed by atoms with van der Waals surface area (Å²) in [6.45, 7) is 3.20. The van der Waals surface area contributed by atoms with E-state index in [0.29, 0.717) is 24.3 Å². The largest absolute Gasteiger partial charge is 0.354 e. The van der Waals surface area contributed by atoms with Gasteiger partial charge in [-0.05, 0) is 73.8 Å². The average molecular weight is 434 g/mol. The highest BCUT2D eigenvalue weighted by Crippen LogP contribution is 2.34. The molecule has 1 atom stereocenters. The minimum absolute atomic E-state index is 0.0470. The van der Waals surface area contributed by atoms with Crippen LogP contribution in [-0.4, -0.2) is 53.1 Å². The summed E-state index contributed by atoms with van der Waals surface area (Å²) in [5.74, 6) is 2.32. The SMILES string of the molecule is O=C(Nc1ccc(C2CCN(C(=O)CC3CC3)CC2)cc1)[C@H]1CCN(c2cccnn2)C1. The number of nitrogens with zero attached hydrogens (tertiary/aromatic N) is 4. The van der Waals surface area contributed by atoms with Crippen LogP contribution in [0.1, 0.15) is 50.0 Å². The first-order chi connectivity index (χ1) is 15.7. The Hall–Kier alpha value is -2.96. The Morgan fingerprint density at radius 1 is 0.969 bits per heavy atom. The molecule has 2 amide bonds. The summed E-state index contributed by atoms with van der Waals surface area (Å²) < 4.78 is 0. The van der Waals surface area contributed by atoms with Crippen LogP contribution in [0.5, 0.6) is 0 Å². The number of amides is 2. The predicted molar refractivity (Wildman–Crippen MR) is 123 cm³/mol. The third-order valence-electron chi connectivity index (χ3n) is 7.10. The molecule has 32 heavy (non-hydrogen) atoms. The Morgan fingerprint density at radius 2 is 1.75 bits per heavy atom. The minimum atomic E-state index is -0.0470. The lowest BCUT2D eigenvalue weighted by atomic mass is 9.89. The normalized spacial score (nSPS) is 21.6. The molecule has 7 heteroatoms. The molecule has 0 radical (unpaired) electrons. The van der Waals surface area contributed by atoms with Crippen molar-refractivity contribution in [1.29, 1.82) is 0 Å². The first kappa shape index (κ1) is 20.9. The Morgan fingerprint density at radius 3 is 2.44 bits per heavy atom. The standard InChI is InChI=1S/C25H31N5O2/c31-24(16-18-3-4-18)29-13-9-20(10-14-29)19-5-7-22(8-6-19)27-25(32)21-11-15-30(17-21)23-2-1-12-26-28-23/h1-2,5-8,12,18,20-21H,3-4,9-11,13-17H2,(H,27,32)/t21-/m0/s1. The van der Waals surface area contributed by atoms with Gasteiger partial charge in [0.1, 0.15) is 0 Å². The van der Waals surface area contributed by atoms with Crippen molar-refractivity contribution in [3.8, 4) is 0 Å². The molecule has 0 bridgehead atoms. The highest BCUT2D eigenvalue weighted by atomic mass is 16.2. The molecule has 3 heterocycles. The van der Waals surface area contributed by atoms with Gasteiger partial charge in [0.25, 0.3) is 0 Å². The van der Waals surface area contributed by atoms with Gasteiger partial charge in [0.05, 0.1) is 5.92 Å². The summed E-state index contributed by atoms with van der Waals surface area (Å²) in [6, 6.07) is 12.1. The molecule has 2 saturated heterocycles. The van der Waals surface area contributed by atoms with Gasteiger partial charge in [-0.25, -0.2) is 0 Å². The van der Waals surface area contributed by atoms with Crippen LogP contribution in [0, 0.1) is 11.8 Å². The molecule has 0 spiro atoms. The maximum absolute atomic E-state index is 12.7. The number of hydrogen-bond donors (Lipinski definition) is 1. The maximum atomic E-state index is 12.7. The zero-order valence-corrected chi connectivity index (χ0v) is 18.4. The monoisotopic (exact) mass is 433 g/mol. The van der Waals surface area contributed by atoms with Crippen LogP contribution in [0.15, 0.2) is 42.6 Å². The summed E-state index contributed by atoms with van der Waals surface area (Å²) in [5.41, 5.74) is 2.14. The quantitative estimate of drug-likeness (QED) is 0.755. The molecule has 168 valence electrons. The predicted octanol–water partition coefficient (Wildman–Crippen LogP) is 3.45. The Balaban J connectivity index is 1.10. The summed E-state index contributed by atoms with van der Waals surface area (Å²) >= 11 is 0. The number of carbonyl (C=O) groups is 2. The van der Waals surface area contributed by atoms with Gasteiger partial charge in [-0.1, -0.05) is 12.1 Å². The van der Waals surface area contributed by atoms with Crippen molar-refractivity contribution in [2.45, 2.75) is 44.4 Å². The van der Waals surface area contributed by atoms with Crippen LogP contribution in [0.2, 0.25) is 0 Å². The van der Waals surface area contributed by atoms with Crippen molar-refractivity contribution in [2.24, 2.45) is 11.8 Å². The Labute approximate surface area is 189 Å². The average Bonchev–Trinajstić information content (AvgIpc) is 3.51. The van der Waals surface area contributed by atoms with Gasteiger partial charge in [0, 0.05) is 44.5 Å². The fourth-order valence-corrected chi connectivity index (χ4v) is 4.89. The molecule has 3 aliphatic rings. The van der Waals surface area contributed by atoms with E-state index in [9.17, 15) is 9.59 Å². The molecule has 2 aromatic rings. The summed E-state index contributed by atoms with van der Waals surface area (Å²) in [7, 11) is 0. The molecule has 1 saturated carbocycles. The summed E-state index contributed by atoms with van der Waals surface area (Å²) in [6.07, 6.45) is 7.71. The fourth-order valence-electron chi connectivity index (χ4n) is 4.89. The van der Waals surface area contributed by atoms with Crippen molar-refractivity contribution in [3.63, 3.8) is 0 Å². The number of likely N-dealkylation sites (tertiary alicyclic amines) is 1. The van der Waals surface area contributed by atoms with Crippen LogP contribution >= 0.6 is 0 Å². The van der Waals surface area contributed by atoms with Crippen LogP contribution in [0.4, 0.5) is 11.5 Å². The van der Waals surface area contributed by atoms with Crippen LogP contribution in [0.3, 0.4) is 0 Å². The second-order valence-electron chi connectivity index (χ2n) is 9.43. The van der Waals surface area contributed by atoms with E-state index in [4.69, 9.17) is 0 Å². The van der Waals surface area contributed by atoms with Crippen molar-refractivity contribution in [1.82, 2.24) is 15.1 Å². The lowest BCUT2D eigenvalue weighted by Crippen LogP contribution is -2.38. The molecule has 1 N–H and O–H groups in total. The number of piperidine rings is 1. The van der Waals surface area contributed by atoms with Gasteiger partial charge in [-0.15, -0.1) is 5.10 Å². The highest BCUT2D eigenvalue weighted by molar-refractivity contribution is 5.93. The zero-order valence-electron chi connectivity index (χ0n) is 18.4. The van der Waals surface area contributed by atoms with Gasteiger partial charge in [-0.3, -0.25) is 9.59 Å². The van der Waals surface area contributed by atoms with E-state index >= 15 is 0 Å². The molecule has 3 fully saturated rings. The highest BCUT2D eigenvalue weighted by Gasteiger charge is 2.30. The van der Waals surface area contributed by atoms with Crippen LogP contribution in [0.25, 0.3) is 0 Å². The second-order valence-corrected chi connectivity index (χ2v) is 9.43. The molecule has 5 rings (SSSR count). The van der Waals surface area contributed by atoms with Crippen LogP contribution < -0.4 is 10.2 Å². The first-order valence-corrected chi connectivity index (χ1v) is 11.9. The van der Waals surface area contributed by atoms with E-state index < -0.39 is 0 Å². The summed E-state index contributed by atoms with van der Waals surface area (Å²) in [5, 5.41) is 11.2. The van der Waals surface area contributed by atoms with E-state index in [0.717, 1.165) is 56.8 Å². The summed E-state index contributed by atoms with van der Waals surface area (Å²) in [4.78, 5) is 29.2. The number of nitrogens with one attached hydrogen (secondary N) is 1. The van der Waals surface area contributed by atoms with Crippen LogP contribution in [-0.2, 0) is 9.59 Å². The number of anilines is 2. The van der Waals surface area contributed by atoms with Gasteiger partial charge in [0.2, 0.25) is 11.8 Å². The van der Waals surface area contributed by atoms with Crippen molar-refractivity contribution >= 4 is 23.3 Å². The lowest BCUT2D eigenvalue weighted by Gasteiger charge is -2.32.